The lowest BCUT2D eigenvalue weighted by Crippen LogP contribution is -2.34. The molecule has 0 bridgehead atoms. The van der Waals surface area contributed by atoms with Crippen LogP contribution in [0.15, 0.2) is 30.6 Å². The van der Waals surface area contributed by atoms with Crippen LogP contribution in [-0.4, -0.2) is 35.5 Å². The van der Waals surface area contributed by atoms with Gasteiger partial charge in [0.05, 0.1) is 5.56 Å². The zero-order chi connectivity index (χ0) is 18.5. The van der Waals surface area contributed by atoms with Crippen LogP contribution < -0.4 is 10.2 Å². The predicted octanol–water partition coefficient (Wildman–Crippen LogP) is 3.99. The Morgan fingerprint density at radius 2 is 1.92 bits per heavy atom. The van der Waals surface area contributed by atoms with Crippen LogP contribution in [0.3, 0.4) is 0 Å². The standard InChI is InChI=1S/C19H22Cl2N4O/c1-13-5-8-25(9-6-13)19-23-11-15(12-24-19)18(26)22-7-4-14-2-3-16(20)10-17(14)21/h2-3,10-13H,4-9H2,1H3,(H,22,26). The van der Waals surface area contributed by atoms with E-state index in [2.05, 4.69) is 27.1 Å². The van der Waals surface area contributed by atoms with Crippen LogP contribution in [0.25, 0.3) is 0 Å². The summed E-state index contributed by atoms with van der Waals surface area (Å²) >= 11 is 12.0. The van der Waals surface area contributed by atoms with Crippen molar-refractivity contribution < 1.29 is 4.79 Å². The number of benzene rings is 1. The van der Waals surface area contributed by atoms with Gasteiger partial charge < -0.3 is 10.2 Å². The van der Waals surface area contributed by atoms with Crippen molar-refractivity contribution in [2.24, 2.45) is 5.92 Å². The maximum absolute atomic E-state index is 12.2. The number of amides is 1. The molecule has 3 rings (SSSR count). The Labute approximate surface area is 163 Å². The van der Waals surface area contributed by atoms with Gasteiger partial charge in [0.1, 0.15) is 0 Å². The van der Waals surface area contributed by atoms with Gasteiger partial charge in [-0.15, -0.1) is 0 Å². The van der Waals surface area contributed by atoms with Crippen LogP contribution in [0.1, 0.15) is 35.7 Å². The fourth-order valence-electron chi connectivity index (χ4n) is 2.95. The second-order valence-electron chi connectivity index (χ2n) is 6.68. The van der Waals surface area contributed by atoms with Gasteiger partial charge in [0, 0.05) is 42.1 Å². The SMILES string of the molecule is CC1CCN(c2ncc(C(=O)NCCc3ccc(Cl)cc3Cl)cn2)CC1. The summed E-state index contributed by atoms with van der Waals surface area (Å²) in [6.07, 6.45) is 6.11. The molecular formula is C19H22Cl2N4O. The molecule has 7 heteroatoms. The van der Waals surface area contributed by atoms with E-state index in [1.165, 1.54) is 0 Å². The number of carbonyl (C=O) groups excluding carboxylic acids is 1. The van der Waals surface area contributed by atoms with Gasteiger partial charge in [-0.3, -0.25) is 4.79 Å². The highest BCUT2D eigenvalue weighted by atomic mass is 35.5. The van der Waals surface area contributed by atoms with Crippen LogP contribution in [0, 0.1) is 5.92 Å². The second kappa shape index (κ2) is 8.69. The van der Waals surface area contributed by atoms with Crippen molar-refractivity contribution in [2.75, 3.05) is 24.5 Å². The molecule has 0 spiro atoms. The number of piperidine rings is 1. The lowest BCUT2D eigenvalue weighted by molar-refractivity contribution is 0.0953. The molecule has 1 aliphatic heterocycles. The zero-order valence-electron chi connectivity index (χ0n) is 14.7. The molecule has 0 atom stereocenters. The van der Waals surface area contributed by atoms with E-state index in [9.17, 15) is 4.79 Å². The van der Waals surface area contributed by atoms with Gasteiger partial charge in [-0.05, 0) is 42.9 Å². The first-order valence-electron chi connectivity index (χ1n) is 8.82. The van der Waals surface area contributed by atoms with Crippen molar-refractivity contribution >= 4 is 35.1 Å². The largest absolute Gasteiger partial charge is 0.352 e. The number of rotatable bonds is 5. The molecule has 0 aliphatic carbocycles. The van der Waals surface area contributed by atoms with E-state index in [0.29, 0.717) is 34.5 Å². The van der Waals surface area contributed by atoms with Crippen molar-refractivity contribution in [3.63, 3.8) is 0 Å². The minimum Gasteiger partial charge on any atom is -0.352 e. The molecule has 1 fully saturated rings. The fourth-order valence-corrected chi connectivity index (χ4v) is 3.45. The summed E-state index contributed by atoms with van der Waals surface area (Å²) in [6, 6.07) is 5.36. The molecule has 138 valence electrons. The minimum atomic E-state index is -0.186. The fraction of sp³-hybridized carbons (Fsp3) is 0.421. The van der Waals surface area contributed by atoms with Gasteiger partial charge in [0.25, 0.3) is 5.91 Å². The summed E-state index contributed by atoms with van der Waals surface area (Å²) in [5, 5.41) is 4.08. The highest BCUT2D eigenvalue weighted by molar-refractivity contribution is 6.35. The number of halogens is 2. The first kappa shape index (κ1) is 18.9. The van der Waals surface area contributed by atoms with E-state index in [4.69, 9.17) is 23.2 Å². The van der Waals surface area contributed by atoms with E-state index in [1.807, 2.05) is 6.07 Å². The maximum atomic E-state index is 12.2. The molecular weight excluding hydrogens is 371 g/mol. The van der Waals surface area contributed by atoms with Gasteiger partial charge in [0.2, 0.25) is 5.95 Å². The highest BCUT2D eigenvalue weighted by Crippen LogP contribution is 2.21. The number of nitrogens with one attached hydrogen (secondary N) is 1. The Morgan fingerprint density at radius 1 is 1.23 bits per heavy atom. The van der Waals surface area contributed by atoms with E-state index in [0.717, 1.165) is 37.4 Å². The lowest BCUT2D eigenvalue weighted by Gasteiger charge is -2.30. The lowest BCUT2D eigenvalue weighted by atomic mass is 10.00. The minimum absolute atomic E-state index is 0.186. The topological polar surface area (TPSA) is 58.1 Å². The Hall–Kier alpha value is -1.85. The molecule has 0 unspecified atom stereocenters. The third kappa shape index (κ3) is 4.86. The number of hydrogen-bond acceptors (Lipinski definition) is 4. The smallest absolute Gasteiger partial charge is 0.254 e. The molecule has 1 N–H and O–H groups in total. The number of hydrogen-bond donors (Lipinski definition) is 1. The Kier molecular flexibility index (Phi) is 6.33. The van der Waals surface area contributed by atoms with Crippen molar-refractivity contribution in [3.8, 4) is 0 Å². The Balaban J connectivity index is 1.51. The van der Waals surface area contributed by atoms with Crippen LogP contribution >= 0.6 is 23.2 Å². The first-order valence-corrected chi connectivity index (χ1v) is 9.57. The predicted molar refractivity (Wildman–Crippen MR) is 105 cm³/mol. The molecule has 2 heterocycles. The monoisotopic (exact) mass is 392 g/mol. The normalized spacial score (nSPS) is 15.1. The molecule has 2 aromatic rings. The third-order valence-electron chi connectivity index (χ3n) is 4.66. The molecule has 26 heavy (non-hydrogen) atoms. The number of nitrogens with zero attached hydrogens (tertiary/aromatic N) is 3. The maximum Gasteiger partial charge on any atom is 0.254 e. The number of anilines is 1. The van der Waals surface area contributed by atoms with E-state index in [-0.39, 0.29) is 5.91 Å². The molecule has 1 aromatic carbocycles. The summed E-state index contributed by atoms with van der Waals surface area (Å²) in [5.41, 5.74) is 1.41. The number of carbonyl (C=O) groups is 1. The van der Waals surface area contributed by atoms with E-state index < -0.39 is 0 Å². The Bertz CT molecular complexity index is 759. The van der Waals surface area contributed by atoms with Gasteiger partial charge >= 0.3 is 0 Å². The van der Waals surface area contributed by atoms with Crippen molar-refractivity contribution in [1.82, 2.24) is 15.3 Å². The molecule has 0 saturated carbocycles. The number of aromatic nitrogens is 2. The van der Waals surface area contributed by atoms with Crippen LogP contribution in [0.5, 0.6) is 0 Å². The molecule has 1 aliphatic rings. The Morgan fingerprint density at radius 3 is 2.58 bits per heavy atom. The van der Waals surface area contributed by atoms with Crippen molar-refractivity contribution in [2.45, 2.75) is 26.2 Å². The summed E-state index contributed by atoms with van der Waals surface area (Å²) in [7, 11) is 0. The summed E-state index contributed by atoms with van der Waals surface area (Å²) in [6.45, 7) is 4.68. The molecule has 0 radical (unpaired) electrons. The molecule has 1 saturated heterocycles. The van der Waals surface area contributed by atoms with Gasteiger partial charge in [-0.25, -0.2) is 9.97 Å². The second-order valence-corrected chi connectivity index (χ2v) is 7.53. The molecule has 5 nitrogen and oxygen atoms in total. The first-order chi connectivity index (χ1) is 12.5. The summed E-state index contributed by atoms with van der Waals surface area (Å²) in [4.78, 5) is 23.1. The quantitative estimate of drug-likeness (QED) is 0.835. The molecule has 1 aromatic heterocycles. The van der Waals surface area contributed by atoms with Crippen LogP contribution in [-0.2, 0) is 6.42 Å². The zero-order valence-corrected chi connectivity index (χ0v) is 16.2. The average molecular weight is 393 g/mol. The van der Waals surface area contributed by atoms with Crippen LogP contribution in [0.2, 0.25) is 10.0 Å². The van der Waals surface area contributed by atoms with Crippen molar-refractivity contribution in [3.05, 3.63) is 51.8 Å². The third-order valence-corrected chi connectivity index (χ3v) is 5.25. The van der Waals surface area contributed by atoms with Crippen LogP contribution in [0.4, 0.5) is 5.95 Å². The van der Waals surface area contributed by atoms with Gasteiger partial charge in [-0.1, -0.05) is 36.2 Å². The van der Waals surface area contributed by atoms with E-state index >= 15 is 0 Å². The summed E-state index contributed by atoms with van der Waals surface area (Å²) in [5.74, 6) is 1.26. The average Bonchev–Trinajstić information content (AvgIpc) is 2.64. The molecule has 1 amide bonds. The van der Waals surface area contributed by atoms with Gasteiger partial charge in [-0.2, -0.15) is 0 Å². The van der Waals surface area contributed by atoms with E-state index in [1.54, 1.807) is 24.5 Å². The highest BCUT2D eigenvalue weighted by Gasteiger charge is 2.18. The summed E-state index contributed by atoms with van der Waals surface area (Å²) < 4.78 is 0. The van der Waals surface area contributed by atoms with Gasteiger partial charge in [0.15, 0.2) is 0 Å². The van der Waals surface area contributed by atoms with Crippen molar-refractivity contribution in [1.29, 1.82) is 0 Å².